The van der Waals surface area contributed by atoms with Crippen molar-refractivity contribution >= 4 is 15.9 Å². The van der Waals surface area contributed by atoms with E-state index >= 15 is 0 Å². The van der Waals surface area contributed by atoms with E-state index in [9.17, 15) is 0 Å². The molecule has 1 atom stereocenters. The van der Waals surface area contributed by atoms with E-state index in [0.29, 0.717) is 6.42 Å². The van der Waals surface area contributed by atoms with Crippen molar-refractivity contribution in [2.24, 2.45) is 5.84 Å². The van der Waals surface area contributed by atoms with E-state index in [-0.39, 0.29) is 6.04 Å². The molecule has 0 aliphatic rings. The number of para-hydroxylation sites is 1. The van der Waals surface area contributed by atoms with E-state index in [1.54, 1.807) is 13.4 Å². The quantitative estimate of drug-likeness (QED) is 0.658. The van der Waals surface area contributed by atoms with E-state index in [1.807, 2.05) is 30.3 Å². The molecule has 0 fully saturated rings. The molecule has 0 bridgehead atoms. The topological polar surface area (TPSA) is 60.4 Å². The lowest BCUT2D eigenvalue weighted by atomic mass is 10.0. The molecule has 2 aromatic rings. The highest BCUT2D eigenvalue weighted by atomic mass is 79.9. The number of nitrogens with two attached hydrogens (primary N) is 1. The van der Waals surface area contributed by atoms with Gasteiger partial charge in [-0.2, -0.15) is 0 Å². The normalized spacial score (nSPS) is 12.4. The number of furan rings is 1. The van der Waals surface area contributed by atoms with Crippen LogP contribution in [0.15, 0.2) is 45.5 Å². The minimum absolute atomic E-state index is 0.106. The Bertz CT molecular complexity index is 513. The van der Waals surface area contributed by atoms with E-state index in [1.165, 1.54) is 0 Å². The largest absolute Gasteiger partial charge is 0.496 e. The van der Waals surface area contributed by atoms with E-state index in [0.717, 1.165) is 21.5 Å². The van der Waals surface area contributed by atoms with Crippen LogP contribution in [0.25, 0.3) is 0 Å². The predicted octanol–water partition coefficient (Wildman–Crippen LogP) is 2.80. The summed E-state index contributed by atoms with van der Waals surface area (Å²) in [4.78, 5) is 0. The molecule has 4 nitrogen and oxygen atoms in total. The standard InChI is InChI=1S/C13H15BrN2O2/c1-17-12-5-3-2-4-9(12)8-11(16-15)13-10(14)6-7-18-13/h2-7,11,16H,8,15H2,1H3. The second-order valence-electron chi connectivity index (χ2n) is 3.87. The van der Waals surface area contributed by atoms with Crippen LogP contribution in [0, 0.1) is 0 Å². The lowest BCUT2D eigenvalue weighted by Crippen LogP contribution is -2.29. The van der Waals surface area contributed by atoms with E-state index < -0.39 is 0 Å². The first-order valence-corrected chi connectivity index (χ1v) is 6.36. The highest BCUT2D eigenvalue weighted by Gasteiger charge is 2.18. The smallest absolute Gasteiger partial charge is 0.136 e. The molecule has 0 aliphatic heterocycles. The van der Waals surface area contributed by atoms with Crippen LogP contribution in [0.4, 0.5) is 0 Å². The van der Waals surface area contributed by atoms with Gasteiger partial charge in [0.15, 0.2) is 0 Å². The molecule has 1 aromatic carbocycles. The van der Waals surface area contributed by atoms with Gasteiger partial charge in [-0.3, -0.25) is 5.84 Å². The van der Waals surface area contributed by atoms with Crippen molar-refractivity contribution in [3.05, 3.63) is 52.4 Å². The van der Waals surface area contributed by atoms with Crippen LogP contribution in [0.3, 0.4) is 0 Å². The predicted molar refractivity (Wildman–Crippen MR) is 73.2 cm³/mol. The maximum Gasteiger partial charge on any atom is 0.136 e. The van der Waals surface area contributed by atoms with Gasteiger partial charge in [0.2, 0.25) is 0 Å². The first-order chi connectivity index (χ1) is 8.76. The molecule has 96 valence electrons. The summed E-state index contributed by atoms with van der Waals surface area (Å²) in [6, 6.07) is 9.60. The Kier molecular flexibility index (Phi) is 4.41. The summed E-state index contributed by atoms with van der Waals surface area (Å²) < 4.78 is 11.7. The van der Waals surface area contributed by atoms with Crippen LogP contribution in [-0.2, 0) is 6.42 Å². The van der Waals surface area contributed by atoms with Gasteiger partial charge in [-0.1, -0.05) is 18.2 Å². The summed E-state index contributed by atoms with van der Waals surface area (Å²) >= 11 is 3.44. The van der Waals surface area contributed by atoms with Crippen molar-refractivity contribution in [2.75, 3.05) is 7.11 Å². The summed E-state index contributed by atoms with van der Waals surface area (Å²) in [5, 5.41) is 0. The number of hydrogen-bond acceptors (Lipinski definition) is 4. The maximum absolute atomic E-state index is 5.60. The molecule has 1 aromatic heterocycles. The second kappa shape index (κ2) is 6.04. The number of rotatable bonds is 5. The van der Waals surface area contributed by atoms with Crippen LogP contribution in [-0.4, -0.2) is 7.11 Å². The van der Waals surface area contributed by atoms with Crippen molar-refractivity contribution < 1.29 is 9.15 Å². The molecule has 2 rings (SSSR count). The summed E-state index contributed by atoms with van der Waals surface area (Å²) in [7, 11) is 1.66. The van der Waals surface area contributed by atoms with Crippen molar-refractivity contribution in [2.45, 2.75) is 12.5 Å². The van der Waals surface area contributed by atoms with Gasteiger partial charge >= 0.3 is 0 Å². The fourth-order valence-corrected chi connectivity index (χ4v) is 2.35. The summed E-state index contributed by atoms with van der Waals surface area (Å²) in [6.07, 6.45) is 2.32. The summed E-state index contributed by atoms with van der Waals surface area (Å²) in [5.41, 5.74) is 3.84. The fraction of sp³-hybridized carbons (Fsp3) is 0.231. The fourth-order valence-electron chi connectivity index (χ4n) is 1.87. The molecular weight excluding hydrogens is 296 g/mol. The van der Waals surface area contributed by atoms with E-state index in [2.05, 4.69) is 21.4 Å². The SMILES string of the molecule is COc1ccccc1CC(NN)c1occc1Br. The first kappa shape index (κ1) is 13.1. The minimum atomic E-state index is -0.106. The number of nitrogens with one attached hydrogen (secondary N) is 1. The molecular formula is C13H15BrN2O2. The van der Waals surface area contributed by atoms with Crippen molar-refractivity contribution in [3.8, 4) is 5.75 Å². The van der Waals surface area contributed by atoms with Crippen molar-refractivity contribution in [1.29, 1.82) is 0 Å². The van der Waals surface area contributed by atoms with Crippen LogP contribution in [0.5, 0.6) is 5.75 Å². The highest BCUT2D eigenvalue weighted by Crippen LogP contribution is 2.29. The highest BCUT2D eigenvalue weighted by molar-refractivity contribution is 9.10. The minimum Gasteiger partial charge on any atom is -0.496 e. The Morgan fingerprint density at radius 3 is 2.78 bits per heavy atom. The van der Waals surface area contributed by atoms with Crippen LogP contribution >= 0.6 is 15.9 Å². The zero-order chi connectivity index (χ0) is 13.0. The third-order valence-electron chi connectivity index (χ3n) is 2.78. The molecule has 5 heteroatoms. The Hall–Kier alpha value is -1.30. The van der Waals surface area contributed by atoms with Crippen LogP contribution in [0.1, 0.15) is 17.4 Å². The molecule has 0 radical (unpaired) electrons. The number of benzene rings is 1. The zero-order valence-corrected chi connectivity index (χ0v) is 11.6. The van der Waals surface area contributed by atoms with Gasteiger partial charge in [0.05, 0.1) is 23.9 Å². The molecule has 1 heterocycles. The number of hydrogen-bond donors (Lipinski definition) is 2. The van der Waals surface area contributed by atoms with Crippen LogP contribution in [0.2, 0.25) is 0 Å². The molecule has 3 N–H and O–H groups in total. The molecule has 1 unspecified atom stereocenters. The Balaban J connectivity index is 2.23. The average Bonchev–Trinajstić information content (AvgIpc) is 2.82. The molecule has 0 aliphatic carbocycles. The van der Waals surface area contributed by atoms with Gasteiger partial charge in [-0.05, 0) is 40.0 Å². The second-order valence-corrected chi connectivity index (χ2v) is 4.72. The number of ether oxygens (including phenoxy) is 1. The molecule has 0 spiro atoms. The Morgan fingerprint density at radius 2 is 2.17 bits per heavy atom. The molecule has 0 amide bonds. The van der Waals surface area contributed by atoms with Crippen LogP contribution < -0.4 is 16.0 Å². The van der Waals surface area contributed by atoms with Gasteiger partial charge in [0.25, 0.3) is 0 Å². The number of halogens is 1. The average molecular weight is 311 g/mol. The van der Waals surface area contributed by atoms with Crippen molar-refractivity contribution in [3.63, 3.8) is 0 Å². The van der Waals surface area contributed by atoms with Crippen molar-refractivity contribution in [1.82, 2.24) is 5.43 Å². The van der Waals surface area contributed by atoms with Gasteiger partial charge in [-0.15, -0.1) is 0 Å². The number of methoxy groups -OCH3 is 1. The molecule has 0 saturated heterocycles. The Morgan fingerprint density at radius 1 is 1.39 bits per heavy atom. The summed E-state index contributed by atoms with van der Waals surface area (Å²) in [5.74, 6) is 7.23. The lowest BCUT2D eigenvalue weighted by molar-refractivity contribution is 0.391. The monoisotopic (exact) mass is 310 g/mol. The first-order valence-electron chi connectivity index (χ1n) is 5.57. The van der Waals surface area contributed by atoms with E-state index in [4.69, 9.17) is 15.0 Å². The lowest BCUT2D eigenvalue weighted by Gasteiger charge is -2.16. The van der Waals surface area contributed by atoms with Gasteiger partial charge in [0, 0.05) is 0 Å². The zero-order valence-electron chi connectivity index (χ0n) is 10.0. The number of hydrazine groups is 1. The summed E-state index contributed by atoms with van der Waals surface area (Å²) in [6.45, 7) is 0. The van der Waals surface area contributed by atoms with Gasteiger partial charge in [0.1, 0.15) is 11.5 Å². The molecule has 18 heavy (non-hydrogen) atoms. The Labute approximate surface area is 114 Å². The third kappa shape index (κ3) is 2.75. The third-order valence-corrected chi connectivity index (χ3v) is 3.43. The van der Waals surface area contributed by atoms with Gasteiger partial charge in [-0.25, -0.2) is 5.43 Å². The van der Waals surface area contributed by atoms with Gasteiger partial charge < -0.3 is 9.15 Å². The maximum atomic E-state index is 5.60. The molecule has 0 saturated carbocycles.